The first-order chi connectivity index (χ1) is 9.67. The minimum Gasteiger partial charge on any atom is -0.493 e. The van der Waals surface area contributed by atoms with Crippen molar-refractivity contribution in [1.29, 1.82) is 0 Å². The van der Waals surface area contributed by atoms with E-state index in [1.807, 2.05) is 0 Å². The summed E-state index contributed by atoms with van der Waals surface area (Å²) in [6.07, 6.45) is 1.54. The maximum Gasteiger partial charge on any atom is 0.184 e. The summed E-state index contributed by atoms with van der Waals surface area (Å²) in [6, 6.07) is 5.32. The van der Waals surface area contributed by atoms with E-state index in [4.69, 9.17) is 9.47 Å². The summed E-state index contributed by atoms with van der Waals surface area (Å²) in [7, 11) is 2.98. The molecule has 0 aliphatic heterocycles. The first-order valence-corrected chi connectivity index (χ1v) is 5.91. The van der Waals surface area contributed by atoms with Crippen molar-refractivity contribution in [3.63, 3.8) is 0 Å². The van der Waals surface area contributed by atoms with Gasteiger partial charge in [-0.2, -0.15) is 0 Å². The third-order valence-corrected chi connectivity index (χ3v) is 2.76. The SMILES string of the molecule is COc1ccnc(CNc2c(F)cccc2F)c1OC. The Labute approximate surface area is 115 Å². The average Bonchev–Trinajstić information content (AvgIpc) is 2.46. The number of rotatable bonds is 5. The molecule has 0 fully saturated rings. The molecule has 0 unspecified atom stereocenters. The fraction of sp³-hybridized carbons (Fsp3) is 0.214. The quantitative estimate of drug-likeness (QED) is 0.914. The van der Waals surface area contributed by atoms with E-state index in [-0.39, 0.29) is 12.2 Å². The normalized spacial score (nSPS) is 10.2. The van der Waals surface area contributed by atoms with Crippen molar-refractivity contribution >= 4 is 5.69 Å². The second-order valence-corrected chi connectivity index (χ2v) is 3.94. The van der Waals surface area contributed by atoms with Gasteiger partial charge in [-0.15, -0.1) is 0 Å². The van der Waals surface area contributed by atoms with Crippen molar-refractivity contribution in [1.82, 2.24) is 4.98 Å². The monoisotopic (exact) mass is 280 g/mol. The van der Waals surface area contributed by atoms with Crippen LogP contribution in [0, 0.1) is 11.6 Å². The molecule has 0 bridgehead atoms. The van der Waals surface area contributed by atoms with Crippen molar-refractivity contribution in [3.05, 3.63) is 47.8 Å². The van der Waals surface area contributed by atoms with Crippen LogP contribution in [0.2, 0.25) is 0 Å². The van der Waals surface area contributed by atoms with Gasteiger partial charge in [0.1, 0.15) is 23.0 Å². The summed E-state index contributed by atoms with van der Waals surface area (Å²) in [5, 5.41) is 2.68. The van der Waals surface area contributed by atoms with Gasteiger partial charge in [0.15, 0.2) is 11.5 Å². The zero-order chi connectivity index (χ0) is 14.5. The zero-order valence-electron chi connectivity index (χ0n) is 11.1. The molecule has 106 valence electrons. The third kappa shape index (κ3) is 2.79. The maximum absolute atomic E-state index is 13.5. The molecule has 0 atom stereocenters. The highest BCUT2D eigenvalue weighted by atomic mass is 19.1. The van der Waals surface area contributed by atoms with Crippen LogP contribution in [0.15, 0.2) is 30.5 Å². The molecule has 0 radical (unpaired) electrons. The van der Waals surface area contributed by atoms with E-state index in [1.54, 1.807) is 6.07 Å². The Morgan fingerprint density at radius 3 is 2.40 bits per heavy atom. The van der Waals surface area contributed by atoms with Gasteiger partial charge in [0, 0.05) is 12.3 Å². The number of ether oxygens (including phenoxy) is 2. The van der Waals surface area contributed by atoms with Gasteiger partial charge >= 0.3 is 0 Å². The van der Waals surface area contributed by atoms with Gasteiger partial charge in [0.2, 0.25) is 0 Å². The summed E-state index contributed by atoms with van der Waals surface area (Å²) >= 11 is 0. The number of anilines is 1. The first-order valence-electron chi connectivity index (χ1n) is 5.91. The van der Waals surface area contributed by atoms with Crippen molar-refractivity contribution in [2.75, 3.05) is 19.5 Å². The summed E-state index contributed by atoms with van der Waals surface area (Å²) in [6.45, 7) is 0.109. The molecule has 0 aliphatic carbocycles. The Morgan fingerprint density at radius 1 is 1.10 bits per heavy atom. The van der Waals surface area contributed by atoms with E-state index in [0.717, 1.165) is 0 Å². The van der Waals surface area contributed by atoms with Crippen LogP contribution in [-0.4, -0.2) is 19.2 Å². The minimum atomic E-state index is -0.660. The van der Waals surface area contributed by atoms with Gasteiger partial charge in [-0.3, -0.25) is 4.98 Å². The molecule has 2 rings (SSSR count). The van der Waals surface area contributed by atoms with Crippen LogP contribution in [0.25, 0.3) is 0 Å². The first kappa shape index (κ1) is 14.0. The van der Waals surface area contributed by atoms with Gasteiger partial charge in [0.25, 0.3) is 0 Å². The Balaban J connectivity index is 2.23. The standard InChI is InChI=1S/C14H14F2N2O2/c1-19-12-6-7-17-11(14(12)20-2)8-18-13-9(15)4-3-5-10(13)16/h3-7,18H,8H2,1-2H3. The number of hydrogen-bond acceptors (Lipinski definition) is 4. The lowest BCUT2D eigenvalue weighted by molar-refractivity contribution is 0.350. The number of methoxy groups -OCH3 is 2. The number of aromatic nitrogens is 1. The van der Waals surface area contributed by atoms with Crippen LogP contribution in [0.5, 0.6) is 11.5 Å². The van der Waals surface area contributed by atoms with E-state index in [0.29, 0.717) is 17.2 Å². The lowest BCUT2D eigenvalue weighted by Crippen LogP contribution is -2.07. The van der Waals surface area contributed by atoms with Crippen LogP contribution < -0.4 is 14.8 Å². The van der Waals surface area contributed by atoms with Crippen molar-refractivity contribution in [3.8, 4) is 11.5 Å². The smallest absolute Gasteiger partial charge is 0.184 e. The second-order valence-electron chi connectivity index (χ2n) is 3.94. The van der Waals surface area contributed by atoms with Gasteiger partial charge in [-0.1, -0.05) is 6.07 Å². The zero-order valence-corrected chi connectivity index (χ0v) is 11.1. The Bertz CT molecular complexity index is 585. The maximum atomic E-state index is 13.5. The average molecular weight is 280 g/mol. The molecule has 2 aromatic rings. The summed E-state index contributed by atoms with van der Waals surface area (Å²) < 4.78 is 37.3. The number of para-hydroxylation sites is 1. The van der Waals surface area contributed by atoms with Crippen LogP contribution in [-0.2, 0) is 6.54 Å². The number of benzene rings is 1. The molecular formula is C14H14F2N2O2. The van der Waals surface area contributed by atoms with Crippen LogP contribution in [0.1, 0.15) is 5.69 Å². The number of halogens is 2. The van der Waals surface area contributed by atoms with Gasteiger partial charge in [-0.05, 0) is 12.1 Å². The fourth-order valence-corrected chi connectivity index (χ4v) is 1.82. The minimum absolute atomic E-state index is 0.109. The lowest BCUT2D eigenvalue weighted by Gasteiger charge is -2.13. The fourth-order valence-electron chi connectivity index (χ4n) is 1.82. The molecule has 0 saturated carbocycles. The lowest BCUT2D eigenvalue weighted by atomic mass is 10.2. The van der Waals surface area contributed by atoms with Gasteiger partial charge in [-0.25, -0.2) is 8.78 Å². The predicted octanol–water partition coefficient (Wildman–Crippen LogP) is 2.99. The highest BCUT2D eigenvalue weighted by molar-refractivity contribution is 5.49. The molecule has 1 aromatic carbocycles. The molecule has 0 saturated heterocycles. The highest BCUT2D eigenvalue weighted by Crippen LogP contribution is 2.29. The topological polar surface area (TPSA) is 43.4 Å². The highest BCUT2D eigenvalue weighted by Gasteiger charge is 2.13. The number of nitrogens with zero attached hydrogens (tertiary/aromatic N) is 1. The second kappa shape index (κ2) is 6.18. The number of pyridine rings is 1. The van der Waals surface area contributed by atoms with Crippen molar-refractivity contribution < 1.29 is 18.3 Å². The van der Waals surface area contributed by atoms with E-state index in [1.165, 1.54) is 38.6 Å². The molecule has 0 spiro atoms. The number of hydrogen-bond donors (Lipinski definition) is 1. The van der Waals surface area contributed by atoms with Crippen LogP contribution >= 0.6 is 0 Å². The Morgan fingerprint density at radius 2 is 1.80 bits per heavy atom. The van der Waals surface area contributed by atoms with E-state index in [9.17, 15) is 8.78 Å². The van der Waals surface area contributed by atoms with Crippen molar-refractivity contribution in [2.24, 2.45) is 0 Å². The van der Waals surface area contributed by atoms with Crippen LogP contribution in [0.4, 0.5) is 14.5 Å². The largest absolute Gasteiger partial charge is 0.493 e. The summed E-state index contributed by atoms with van der Waals surface area (Å²) in [5.74, 6) is -0.383. The predicted molar refractivity (Wildman–Crippen MR) is 71.0 cm³/mol. The molecule has 1 heterocycles. The molecule has 0 amide bonds. The third-order valence-electron chi connectivity index (χ3n) is 2.76. The molecular weight excluding hydrogens is 266 g/mol. The number of nitrogens with one attached hydrogen (secondary N) is 1. The van der Waals surface area contributed by atoms with Crippen molar-refractivity contribution in [2.45, 2.75) is 6.54 Å². The molecule has 20 heavy (non-hydrogen) atoms. The summed E-state index contributed by atoms with van der Waals surface area (Å²) in [4.78, 5) is 4.12. The molecule has 1 N–H and O–H groups in total. The van der Waals surface area contributed by atoms with E-state index < -0.39 is 11.6 Å². The summed E-state index contributed by atoms with van der Waals surface area (Å²) in [5.41, 5.74) is 0.300. The Hall–Kier alpha value is -2.37. The molecule has 6 heteroatoms. The van der Waals surface area contributed by atoms with E-state index in [2.05, 4.69) is 10.3 Å². The van der Waals surface area contributed by atoms with Crippen LogP contribution in [0.3, 0.4) is 0 Å². The molecule has 1 aromatic heterocycles. The molecule has 4 nitrogen and oxygen atoms in total. The molecule has 0 aliphatic rings. The Kier molecular flexibility index (Phi) is 4.34. The van der Waals surface area contributed by atoms with Gasteiger partial charge < -0.3 is 14.8 Å². The van der Waals surface area contributed by atoms with Gasteiger partial charge in [0.05, 0.1) is 20.8 Å². The van der Waals surface area contributed by atoms with E-state index >= 15 is 0 Å².